The Kier molecular flexibility index (Phi) is 4.24. The number of likely N-dealkylation sites (tertiary alicyclic amines) is 1. The van der Waals surface area contributed by atoms with Gasteiger partial charge < -0.3 is 25.5 Å². The minimum atomic E-state index is -1.08. The third-order valence-corrected chi connectivity index (χ3v) is 2.72. The average molecular weight is 207 g/mol. The average Bonchev–Trinajstić information content (AvgIpc) is 2.40. The lowest BCUT2D eigenvalue weighted by molar-refractivity contribution is 0.0130. The first kappa shape index (κ1) is 11.8. The van der Waals surface area contributed by atoms with E-state index in [9.17, 15) is 10.2 Å². The second-order valence-electron chi connectivity index (χ2n) is 3.44. The summed E-state index contributed by atoms with van der Waals surface area (Å²) in [4.78, 5) is 1.52. The molecule has 1 aliphatic rings. The summed E-state index contributed by atoms with van der Waals surface area (Å²) >= 11 is 0. The number of hydrogen-bond donors (Lipinski definition) is 5. The van der Waals surface area contributed by atoms with E-state index >= 15 is 0 Å². The van der Waals surface area contributed by atoms with Gasteiger partial charge in [-0.25, -0.2) is 0 Å². The van der Waals surface area contributed by atoms with Gasteiger partial charge in [0.1, 0.15) is 0 Å². The van der Waals surface area contributed by atoms with Crippen LogP contribution in [0.15, 0.2) is 0 Å². The molecule has 14 heavy (non-hydrogen) atoms. The van der Waals surface area contributed by atoms with Gasteiger partial charge in [-0.15, -0.1) is 0 Å². The summed E-state index contributed by atoms with van der Waals surface area (Å²) in [6.07, 6.45) is -2.16. The van der Waals surface area contributed by atoms with Crippen molar-refractivity contribution in [3.8, 4) is 0 Å². The Bertz CT molecular complexity index is 163. The fourth-order valence-corrected chi connectivity index (χ4v) is 1.97. The second kappa shape index (κ2) is 5.01. The summed E-state index contributed by atoms with van der Waals surface area (Å²) in [5, 5.41) is 45.8. The third-order valence-electron chi connectivity index (χ3n) is 2.72. The Morgan fingerprint density at radius 1 is 0.857 bits per heavy atom. The van der Waals surface area contributed by atoms with Gasteiger partial charge in [-0.3, -0.25) is 4.90 Å². The van der Waals surface area contributed by atoms with E-state index in [1.807, 2.05) is 0 Å². The second-order valence-corrected chi connectivity index (χ2v) is 3.44. The smallest absolute Gasteiger partial charge is 0.0992 e. The zero-order valence-electron chi connectivity index (χ0n) is 7.82. The molecule has 0 bridgehead atoms. The van der Waals surface area contributed by atoms with Crippen molar-refractivity contribution in [2.24, 2.45) is 0 Å². The van der Waals surface area contributed by atoms with E-state index in [0.29, 0.717) is 0 Å². The Hall–Kier alpha value is -0.240. The molecule has 0 radical (unpaired) electrons. The summed E-state index contributed by atoms with van der Waals surface area (Å²) < 4.78 is 0. The number of rotatable bonds is 4. The summed E-state index contributed by atoms with van der Waals surface area (Å²) in [7, 11) is 0. The summed E-state index contributed by atoms with van der Waals surface area (Å²) in [6, 6.07) is -1.23. The third kappa shape index (κ3) is 1.90. The van der Waals surface area contributed by atoms with Crippen LogP contribution in [0.4, 0.5) is 0 Å². The molecule has 5 N–H and O–H groups in total. The minimum Gasteiger partial charge on any atom is -0.395 e. The van der Waals surface area contributed by atoms with E-state index in [0.717, 1.165) is 0 Å². The van der Waals surface area contributed by atoms with Crippen molar-refractivity contribution < 1.29 is 25.5 Å². The number of aliphatic hydroxyl groups is 5. The summed E-state index contributed by atoms with van der Waals surface area (Å²) in [5.74, 6) is 0. The van der Waals surface area contributed by atoms with Crippen LogP contribution in [0.3, 0.4) is 0 Å². The molecule has 1 saturated heterocycles. The largest absolute Gasteiger partial charge is 0.395 e. The zero-order valence-corrected chi connectivity index (χ0v) is 7.82. The number of β-amino-alcohol motifs (C(OH)–C–C–N with tert-alkyl or cyclic N) is 1. The van der Waals surface area contributed by atoms with Crippen LogP contribution in [0.25, 0.3) is 0 Å². The molecular formula is C8H17NO5. The predicted molar refractivity (Wildman–Crippen MR) is 47.6 cm³/mol. The van der Waals surface area contributed by atoms with Crippen LogP contribution >= 0.6 is 0 Å². The van der Waals surface area contributed by atoms with Gasteiger partial charge in [-0.2, -0.15) is 0 Å². The maximum absolute atomic E-state index is 9.51. The van der Waals surface area contributed by atoms with Crippen LogP contribution in [-0.4, -0.2) is 81.1 Å². The predicted octanol–water partition coefficient (Wildman–Crippen LogP) is -3.26. The monoisotopic (exact) mass is 207 g/mol. The molecule has 0 amide bonds. The molecule has 0 aromatic carbocycles. The van der Waals surface area contributed by atoms with Gasteiger partial charge in [0, 0.05) is 6.54 Å². The van der Waals surface area contributed by atoms with Gasteiger partial charge in [-0.05, 0) is 0 Å². The molecule has 0 aromatic heterocycles. The Morgan fingerprint density at radius 3 is 1.57 bits per heavy atom. The fraction of sp³-hybridized carbons (Fsp3) is 1.00. The van der Waals surface area contributed by atoms with Gasteiger partial charge in [0.05, 0.1) is 44.1 Å². The van der Waals surface area contributed by atoms with Crippen molar-refractivity contribution in [3.05, 3.63) is 0 Å². The molecule has 1 fully saturated rings. The van der Waals surface area contributed by atoms with E-state index in [2.05, 4.69) is 0 Å². The lowest BCUT2D eigenvalue weighted by Crippen LogP contribution is -2.44. The number of aliphatic hydroxyl groups excluding tert-OH is 5. The van der Waals surface area contributed by atoms with Crippen molar-refractivity contribution in [3.63, 3.8) is 0 Å². The van der Waals surface area contributed by atoms with Gasteiger partial charge in [0.2, 0.25) is 0 Å². The van der Waals surface area contributed by atoms with Crippen molar-refractivity contribution in [2.75, 3.05) is 26.4 Å². The van der Waals surface area contributed by atoms with E-state index in [4.69, 9.17) is 15.3 Å². The van der Waals surface area contributed by atoms with Crippen molar-refractivity contribution in [1.82, 2.24) is 4.90 Å². The molecule has 84 valence electrons. The van der Waals surface area contributed by atoms with Crippen LogP contribution in [0.1, 0.15) is 0 Å². The number of nitrogens with zero attached hydrogens (tertiary/aromatic N) is 1. The summed E-state index contributed by atoms with van der Waals surface area (Å²) in [6.45, 7) is -0.555. The maximum Gasteiger partial charge on any atom is 0.0992 e. The Balaban J connectivity index is 2.74. The van der Waals surface area contributed by atoms with Gasteiger partial charge in [0.15, 0.2) is 0 Å². The first-order valence-corrected chi connectivity index (χ1v) is 4.61. The van der Waals surface area contributed by atoms with Crippen molar-refractivity contribution in [2.45, 2.75) is 24.3 Å². The highest BCUT2D eigenvalue weighted by Crippen LogP contribution is 2.24. The maximum atomic E-state index is 9.51. The molecule has 0 aliphatic carbocycles. The molecule has 6 heteroatoms. The van der Waals surface area contributed by atoms with Crippen LogP contribution < -0.4 is 0 Å². The minimum absolute atomic E-state index is 0.146. The van der Waals surface area contributed by atoms with Crippen LogP contribution in [0.2, 0.25) is 0 Å². The molecule has 0 spiro atoms. The SMILES string of the molecule is OCCN1C(CO)C(O)C(O)[C@@H]1CO. The van der Waals surface area contributed by atoms with Gasteiger partial charge in [0.25, 0.3) is 0 Å². The quantitative estimate of drug-likeness (QED) is 0.331. The molecule has 1 heterocycles. The number of hydrogen-bond acceptors (Lipinski definition) is 6. The van der Waals surface area contributed by atoms with E-state index < -0.39 is 24.3 Å². The molecule has 1 aliphatic heterocycles. The molecule has 4 atom stereocenters. The lowest BCUT2D eigenvalue weighted by atomic mass is 10.1. The van der Waals surface area contributed by atoms with Gasteiger partial charge >= 0.3 is 0 Å². The first-order valence-electron chi connectivity index (χ1n) is 4.61. The standard InChI is InChI=1S/C8H17NO5/c10-2-1-9-5(3-11)7(13)8(14)6(9)4-12/h5-8,10-14H,1-4H2/t5-,6?,7?,8?/m0/s1. The van der Waals surface area contributed by atoms with E-state index in [1.165, 1.54) is 4.90 Å². The topological polar surface area (TPSA) is 104 Å². The first-order chi connectivity index (χ1) is 6.67. The molecule has 3 unspecified atom stereocenters. The van der Waals surface area contributed by atoms with Gasteiger partial charge in [-0.1, -0.05) is 0 Å². The van der Waals surface area contributed by atoms with Crippen LogP contribution in [-0.2, 0) is 0 Å². The normalized spacial score (nSPS) is 39.2. The highest BCUT2D eigenvalue weighted by atomic mass is 16.3. The van der Waals surface area contributed by atoms with Crippen LogP contribution in [0.5, 0.6) is 0 Å². The molecule has 6 nitrogen and oxygen atoms in total. The molecular weight excluding hydrogens is 190 g/mol. The van der Waals surface area contributed by atoms with Crippen molar-refractivity contribution in [1.29, 1.82) is 0 Å². The molecule has 0 saturated carbocycles. The lowest BCUT2D eigenvalue weighted by Gasteiger charge is -2.27. The van der Waals surface area contributed by atoms with E-state index in [-0.39, 0.29) is 26.4 Å². The van der Waals surface area contributed by atoms with Crippen LogP contribution in [0, 0.1) is 0 Å². The summed E-state index contributed by atoms with van der Waals surface area (Å²) in [5.41, 5.74) is 0. The highest BCUT2D eigenvalue weighted by molar-refractivity contribution is 5.00. The fourth-order valence-electron chi connectivity index (χ4n) is 1.97. The molecule has 0 aromatic rings. The molecule has 1 rings (SSSR count). The Morgan fingerprint density at radius 2 is 1.29 bits per heavy atom. The zero-order chi connectivity index (χ0) is 10.7. The van der Waals surface area contributed by atoms with Crippen molar-refractivity contribution >= 4 is 0 Å². The highest BCUT2D eigenvalue weighted by Gasteiger charge is 2.46. The van der Waals surface area contributed by atoms with E-state index in [1.54, 1.807) is 0 Å². The Labute approximate surface area is 82.0 Å².